The van der Waals surface area contributed by atoms with E-state index in [1.807, 2.05) is 18.2 Å². The van der Waals surface area contributed by atoms with Crippen molar-refractivity contribution in [3.8, 4) is 5.75 Å². The molecule has 0 spiro atoms. The van der Waals surface area contributed by atoms with Crippen LogP contribution in [0.3, 0.4) is 0 Å². The van der Waals surface area contributed by atoms with Gasteiger partial charge in [0.05, 0.1) is 13.2 Å². The van der Waals surface area contributed by atoms with E-state index >= 15 is 0 Å². The molecule has 104 valence electrons. The lowest BCUT2D eigenvalue weighted by atomic mass is 10.1. The van der Waals surface area contributed by atoms with Crippen LogP contribution in [0.5, 0.6) is 5.75 Å². The van der Waals surface area contributed by atoms with Gasteiger partial charge in [0.2, 0.25) is 0 Å². The van der Waals surface area contributed by atoms with Crippen molar-refractivity contribution in [2.45, 2.75) is 19.1 Å². The number of hydrogen-bond acceptors (Lipinski definition) is 4. The molecule has 1 aliphatic heterocycles. The van der Waals surface area contributed by atoms with Crippen LogP contribution in [-0.2, 0) is 11.3 Å². The van der Waals surface area contributed by atoms with Crippen LogP contribution < -0.4 is 10.5 Å². The number of ether oxygens (including phenoxy) is 2. The summed E-state index contributed by atoms with van der Waals surface area (Å²) in [6.07, 6.45) is 1.38. The van der Waals surface area contributed by atoms with Gasteiger partial charge in [0, 0.05) is 37.9 Å². The van der Waals surface area contributed by atoms with E-state index < -0.39 is 0 Å². The van der Waals surface area contributed by atoms with Gasteiger partial charge in [-0.3, -0.25) is 10.3 Å². The van der Waals surface area contributed by atoms with Crippen LogP contribution in [0, 0.1) is 5.41 Å². The van der Waals surface area contributed by atoms with E-state index in [-0.39, 0.29) is 5.84 Å². The summed E-state index contributed by atoms with van der Waals surface area (Å²) in [5.74, 6) is 0.922. The summed E-state index contributed by atoms with van der Waals surface area (Å²) in [7, 11) is 3.42. The molecule has 1 aromatic carbocycles. The zero-order chi connectivity index (χ0) is 13.8. The molecule has 0 saturated carbocycles. The molecule has 5 heteroatoms. The van der Waals surface area contributed by atoms with Crippen molar-refractivity contribution < 1.29 is 9.47 Å². The van der Waals surface area contributed by atoms with Crippen molar-refractivity contribution in [1.82, 2.24) is 4.90 Å². The standard InChI is InChI=1S/C14H21N3O2/c1-18-12-5-6-17(9-12)8-11-7-10(14(15)16)3-4-13(11)19-2/h3-4,7,12H,5-6,8-9H2,1-2H3,(H3,15,16). The van der Waals surface area contributed by atoms with Gasteiger partial charge in [-0.1, -0.05) is 0 Å². The Labute approximate surface area is 113 Å². The van der Waals surface area contributed by atoms with Crippen LogP contribution >= 0.6 is 0 Å². The molecule has 1 saturated heterocycles. The SMILES string of the molecule is COc1ccc(C(=N)N)cc1CN1CCC(OC)C1. The van der Waals surface area contributed by atoms with Gasteiger partial charge in [-0.2, -0.15) is 0 Å². The highest BCUT2D eigenvalue weighted by atomic mass is 16.5. The minimum absolute atomic E-state index is 0.0834. The smallest absolute Gasteiger partial charge is 0.123 e. The third-order valence-corrected chi connectivity index (χ3v) is 3.55. The molecular formula is C14H21N3O2. The first-order valence-electron chi connectivity index (χ1n) is 6.40. The van der Waals surface area contributed by atoms with Crippen LogP contribution in [0.25, 0.3) is 0 Å². The number of methoxy groups -OCH3 is 2. The molecule has 2 rings (SSSR count). The van der Waals surface area contributed by atoms with Crippen LogP contribution in [0.2, 0.25) is 0 Å². The summed E-state index contributed by atoms with van der Waals surface area (Å²) >= 11 is 0. The van der Waals surface area contributed by atoms with Crippen LogP contribution in [0.1, 0.15) is 17.5 Å². The normalized spacial score (nSPS) is 19.6. The molecule has 1 aliphatic rings. The van der Waals surface area contributed by atoms with Crippen molar-refractivity contribution in [1.29, 1.82) is 5.41 Å². The largest absolute Gasteiger partial charge is 0.496 e. The number of benzene rings is 1. The first-order valence-corrected chi connectivity index (χ1v) is 6.40. The van der Waals surface area contributed by atoms with Crippen LogP contribution in [0.4, 0.5) is 0 Å². The summed E-state index contributed by atoms with van der Waals surface area (Å²) < 4.78 is 10.7. The first kappa shape index (κ1) is 13.8. The van der Waals surface area contributed by atoms with Crippen molar-refractivity contribution in [2.24, 2.45) is 5.73 Å². The maximum atomic E-state index is 7.51. The minimum atomic E-state index is 0.0834. The highest BCUT2D eigenvalue weighted by Crippen LogP contribution is 2.23. The predicted octanol–water partition coefficient (Wildman–Crippen LogP) is 1.20. The second-order valence-corrected chi connectivity index (χ2v) is 4.82. The molecule has 0 radical (unpaired) electrons. The van der Waals surface area contributed by atoms with Crippen LogP contribution in [-0.4, -0.2) is 44.1 Å². The third kappa shape index (κ3) is 3.24. The summed E-state index contributed by atoms with van der Waals surface area (Å²) in [5, 5.41) is 7.51. The van der Waals surface area contributed by atoms with Gasteiger partial charge < -0.3 is 15.2 Å². The van der Waals surface area contributed by atoms with Gasteiger partial charge in [0.25, 0.3) is 0 Å². The predicted molar refractivity (Wildman–Crippen MR) is 74.7 cm³/mol. The van der Waals surface area contributed by atoms with E-state index in [2.05, 4.69) is 4.90 Å². The average Bonchev–Trinajstić information content (AvgIpc) is 2.86. The Morgan fingerprint density at radius 3 is 2.84 bits per heavy atom. The van der Waals surface area contributed by atoms with Gasteiger partial charge in [-0.05, 0) is 24.6 Å². The molecule has 3 N–H and O–H groups in total. The molecule has 1 fully saturated rings. The fraction of sp³-hybridized carbons (Fsp3) is 0.500. The Bertz CT molecular complexity index is 462. The number of amidine groups is 1. The van der Waals surface area contributed by atoms with E-state index in [0.717, 1.165) is 42.9 Å². The number of hydrogen-bond donors (Lipinski definition) is 2. The summed E-state index contributed by atoms with van der Waals surface area (Å²) in [5.41, 5.74) is 7.33. The summed E-state index contributed by atoms with van der Waals surface area (Å²) in [6.45, 7) is 2.75. The maximum absolute atomic E-state index is 7.51. The zero-order valence-corrected chi connectivity index (χ0v) is 11.5. The van der Waals surface area contributed by atoms with Gasteiger partial charge in [0.1, 0.15) is 11.6 Å². The fourth-order valence-corrected chi connectivity index (χ4v) is 2.44. The molecule has 5 nitrogen and oxygen atoms in total. The molecular weight excluding hydrogens is 242 g/mol. The van der Waals surface area contributed by atoms with Crippen molar-refractivity contribution in [2.75, 3.05) is 27.3 Å². The molecule has 0 bridgehead atoms. The maximum Gasteiger partial charge on any atom is 0.123 e. The Morgan fingerprint density at radius 2 is 2.26 bits per heavy atom. The van der Waals surface area contributed by atoms with Gasteiger partial charge in [0.15, 0.2) is 0 Å². The van der Waals surface area contributed by atoms with E-state index in [4.69, 9.17) is 20.6 Å². The second kappa shape index (κ2) is 6.04. The van der Waals surface area contributed by atoms with E-state index in [1.54, 1.807) is 14.2 Å². The van der Waals surface area contributed by atoms with E-state index in [0.29, 0.717) is 6.10 Å². The van der Waals surface area contributed by atoms with E-state index in [1.165, 1.54) is 0 Å². The minimum Gasteiger partial charge on any atom is -0.496 e. The molecule has 0 amide bonds. The lowest BCUT2D eigenvalue weighted by Crippen LogP contribution is -2.23. The topological polar surface area (TPSA) is 71.6 Å². The van der Waals surface area contributed by atoms with Crippen LogP contribution in [0.15, 0.2) is 18.2 Å². The molecule has 0 aliphatic carbocycles. The van der Waals surface area contributed by atoms with E-state index in [9.17, 15) is 0 Å². The van der Waals surface area contributed by atoms with Gasteiger partial charge in [-0.25, -0.2) is 0 Å². The number of nitrogens with one attached hydrogen (secondary N) is 1. The second-order valence-electron chi connectivity index (χ2n) is 4.82. The molecule has 1 aromatic rings. The molecule has 19 heavy (non-hydrogen) atoms. The zero-order valence-electron chi connectivity index (χ0n) is 11.5. The lowest BCUT2D eigenvalue weighted by molar-refractivity contribution is 0.107. The molecule has 1 atom stereocenters. The molecule has 1 unspecified atom stereocenters. The molecule has 1 heterocycles. The number of nitrogen functional groups attached to an aromatic ring is 1. The number of nitrogens with two attached hydrogens (primary N) is 1. The van der Waals surface area contributed by atoms with Crippen molar-refractivity contribution >= 4 is 5.84 Å². The molecule has 0 aromatic heterocycles. The Morgan fingerprint density at radius 1 is 1.47 bits per heavy atom. The number of nitrogens with zero attached hydrogens (tertiary/aromatic N) is 1. The van der Waals surface area contributed by atoms with Crippen molar-refractivity contribution in [3.63, 3.8) is 0 Å². The third-order valence-electron chi connectivity index (χ3n) is 3.55. The van der Waals surface area contributed by atoms with Gasteiger partial charge in [-0.15, -0.1) is 0 Å². The first-order chi connectivity index (χ1) is 9.13. The monoisotopic (exact) mass is 263 g/mol. The summed E-state index contributed by atoms with van der Waals surface area (Å²) in [4.78, 5) is 2.33. The summed E-state index contributed by atoms with van der Waals surface area (Å²) in [6, 6.07) is 5.61. The van der Waals surface area contributed by atoms with Crippen molar-refractivity contribution in [3.05, 3.63) is 29.3 Å². The highest BCUT2D eigenvalue weighted by Gasteiger charge is 2.22. The number of likely N-dealkylation sites (tertiary alicyclic amines) is 1. The fourth-order valence-electron chi connectivity index (χ4n) is 2.44. The Hall–Kier alpha value is -1.59. The highest BCUT2D eigenvalue weighted by molar-refractivity contribution is 5.95. The average molecular weight is 263 g/mol. The number of rotatable bonds is 5. The van der Waals surface area contributed by atoms with Gasteiger partial charge >= 0.3 is 0 Å². The lowest BCUT2D eigenvalue weighted by Gasteiger charge is -2.18. The quantitative estimate of drug-likeness (QED) is 0.618. The Kier molecular flexibility index (Phi) is 4.39. The Balaban J connectivity index is 2.14.